The second kappa shape index (κ2) is 5.01. The lowest BCUT2D eigenvalue weighted by atomic mass is 10.1. The predicted molar refractivity (Wildman–Crippen MR) is 75.7 cm³/mol. The quantitative estimate of drug-likeness (QED) is 0.868. The van der Waals surface area contributed by atoms with E-state index >= 15 is 0 Å². The normalized spacial score (nSPS) is 11.8. The summed E-state index contributed by atoms with van der Waals surface area (Å²) in [6, 6.07) is 6.03. The Kier molecular flexibility index (Phi) is 3.57. The molecular weight excluding hydrogens is 240 g/mol. The van der Waals surface area contributed by atoms with Gasteiger partial charge < -0.3 is 15.2 Å². The van der Waals surface area contributed by atoms with Gasteiger partial charge in [-0.3, -0.25) is 4.79 Å². The summed E-state index contributed by atoms with van der Waals surface area (Å²) in [6.07, 6.45) is 1.79. The molecule has 0 aliphatic carbocycles. The van der Waals surface area contributed by atoms with Gasteiger partial charge in [-0.1, -0.05) is 6.07 Å². The minimum absolute atomic E-state index is 0.0175. The van der Waals surface area contributed by atoms with Crippen molar-refractivity contribution in [1.29, 1.82) is 0 Å². The minimum Gasteiger partial charge on any atom is -0.350 e. The molecule has 0 saturated carbocycles. The van der Waals surface area contributed by atoms with Crippen LogP contribution >= 0.6 is 0 Å². The van der Waals surface area contributed by atoms with E-state index in [-0.39, 0.29) is 5.91 Å². The van der Waals surface area contributed by atoms with E-state index in [1.54, 1.807) is 13.4 Å². The van der Waals surface area contributed by atoms with Crippen molar-refractivity contribution in [1.82, 2.24) is 20.2 Å². The highest BCUT2D eigenvalue weighted by Gasteiger charge is 2.24. The number of likely N-dealkylation sites (N-methyl/N-ethyl adjacent to an activating group) is 1. The van der Waals surface area contributed by atoms with Crippen molar-refractivity contribution in [3.05, 3.63) is 30.1 Å². The van der Waals surface area contributed by atoms with Crippen molar-refractivity contribution in [3.8, 4) is 0 Å². The fraction of sp³-hybridized carbons (Fsp3) is 0.429. The number of amides is 1. The Bertz CT molecular complexity index is 601. The maximum absolute atomic E-state index is 11.9. The zero-order valence-electron chi connectivity index (χ0n) is 11.8. The van der Waals surface area contributed by atoms with Crippen molar-refractivity contribution in [2.45, 2.75) is 25.9 Å². The van der Waals surface area contributed by atoms with Crippen LogP contribution in [0.25, 0.3) is 11.0 Å². The first-order chi connectivity index (χ1) is 8.94. The van der Waals surface area contributed by atoms with Crippen LogP contribution in [0.3, 0.4) is 0 Å². The Morgan fingerprint density at radius 2 is 2.16 bits per heavy atom. The fourth-order valence-corrected chi connectivity index (χ4v) is 1.81. The summed E-state index contributed by atoms with van der Waals surface area (Å²) < 4.78 is 1.97. The monoisotopic (exact) mass is 260 g/mol. The van der Waals surface area contributed by atoms with Crippen LogP contribution in [0.2, 0.25) is 0 Å². The average Bonchev–Trinajstić information content (AvgIpc) is 2.77. The molecule has 1 amide bonds. The lowest BCUT2D eigenvalue weighted by Gasteiger charge is -2.22. The summed E-state index contributed by atoms with van der Waals surface area (Å²) in [5.41, 5.74) is 2.52. The van der Waals surface area contributed by atoms with E-state index in [4.69, 9.17) is 0 Å². The number of imidazole rings is 1. The van der Waals surface area contributed by atoms with Crippen LogP contribution in [-0.4, -0.2) is 28.0 Å². The van der Waals surface area contributed by atoms with Gasteiger partial charge in [0.1, 0.15) is 0 Å². The first-order valence-corrected chi connectivity index (χ1v) is 6.31. The third-order valence-electron chi connectivity index (χ3n) is 3.44. The molecule has 19 heavy (non-hydrogen) atoms. The summed E-state index contributed by atoms with van der Waals surface area (Å²) >= 11 is 0. The second-order valence-corrected chi connectivity index (χ2v) is 5.24. The topological polar surface area (TPSA) is 59.0 Å². The molecule has 0 spiro atoms. The maximum Gasteiger partial charge on any atom is 0.239 e. The number of hydrogen-bond acceptors (Lipinski definition) is 3. The Hall–Kier alpha value is -1.88. The van der Waals surface area contributed by atoms with Gasteiger partial charge in [-0.05, 0) is 38.6 Å². The van der Waals surface area contributed by atoms with Crippen LogP contribution in [0, 0.1) is 0 Å². The number of rotatable bonds is 4. The van der Waals surface area contributed by atoms with E-state index in [0.29, 0.717) is 6.54 Å². The molecule has 1 aromatic carbocycles. The third kappa shape index (κ3) is 2.76. The molecule has 5 heteroatoms. The molecule has 2 aromatic rings. The van der Waals surface area contributed by atoms with Crippen molar-refractivity contribution in [2.24, 2.45) is 7.05 Å². The fourth-order valence-electron chi connectivity index (χ4n) is 1.81. The van der Waals surface area contributed by atoms with Gasteiger partial charge in [-0.15, -0.1) is 0 Å². The number of benzene rings is 1. The van der Waals surface area contributed by atoms with Gasteiger partial charge in [0.15, 0.2) is 0 Å². The highest BCUT2D eigenvalue weighted by Crippen LogP contribution is 2.14. The molecule has 0 fully saturated rings. The van der Waals surface area contributed by atoms with Crippen molar-refractivity contribution in [2.75, 3.05) is 7.05 Å². The van der Waals surface area contributed by atoms with Crippen LogP contribution < -0.4 is 10.6 Å². The summed E-state index contributed by atoms with van der Waals surface area (Å²) in [4.78, 5) is 16.3. The molecule has 0 radical (unpaired) electrons. The summed E-state index contributed by atoms with van der Waals surface area (Å²) in [7, 11) is 3.74. The molecule has 0 atom stereocenters. The summed E-state index contributed by atoms with van der Waals surface area (Å²) in [5.74, 6) is -0.0175. The number of fused-ring (bicyclic) bond motifs is 1. The van der Waals surface area contributed by atoms with Gasteiger partial charge in [0.2, 0.25) is 5.91 Å². The molecule has 0 unspecified atom stereocenters. The highest BCUT2D eigenvalue weighted by atomic mass is 16.2. The lowest BCUT2D eigenvalue weighted by molar-refractivity contribution is -0.126. The molecule has 0 aliphatic heterocycles. The second-order valence-electron chi connectivity index (χ2n) is 5.24. The number of nitrogens with one attached hydrogen (secondary N) is 2. The average molecular weight is 260 g/mol. The third-order valence-corrected chi connectivity index (χ3v) is 3.44. The SMILES string of the molecule is CNC(C)(C)C(=O)NCc1ccc2c(c1)ncn2C. The van der Waals surface area contributed by atoms with Crippen LogP contribution in [0.5, 0.6) is 0 Å². The molecule has 1 heterocycles. The molecule has 0 aliphatic rings. The van der Waals surface area contributed by atoms with Crippen LogP contribution in [0.15, 0.2) is 24.5 Å². The first kappa shape index (κ1) is 13.5. The van der Waals surface area contributed by atoms with E-state index in [0.717, 1.165) is 16.6 Å². The molecule has 0 saturated heterocycles. The number of aryl methyl sites for hydroxylation is 1. The van der Waals surface area contributed by atoms with Crippen LogP contribution in [-0.2, 0) is 18.4 Å². The van der Waals surface area contributed by atoms with Gasteiger partial charge in [0.25, 0.3) is 0 Å². The Morgan fingerprint density at radius 3 is 2.84 bits per heavy atom. The molecule has 2 rings (SSSR count). The van der Waals surface area contributed by atoms with Gasteiger partial charge in [-0.2, -0.15) is 0 Å². The first-order valence-electron chi connectivity index (χ1n) is 6.31. The van der Waals surface area contributed by atoms with Gasteiger partial charge in [0.05, 0.1) is 22.9 Å². The van der Waals surface area contributed by atoms with Crippen molar-refractivity contribution in [3.63, 3.8) is 0 Å². The van der Waals surface area contributed by atoms with E-state index < -0.39 is 5.54 Å². The number of nitrogens with zero attached hydrogens (tertiary/aromatic N) is 2. The molecule has 0 bridgehead atoms. The number of hydrogen-bond donors (Lipinski definition) is 2. The molecular formula is C14H20N4O. The highest BCUT2D eigenvalue weighted by molar-refractivity contribution is 5.85. The number of carbonyl (C=O) groups is 1. The zero-order chi connectivity index (χ0) is 14.0. The number of carbonyl (C=O) groups excluding carboxylic acids is 1. The van der Waals surface area contributed by atoms with E-state index in [1.807, 2.05) is 43.7 Å². The van der Waals surface area contributed by atoms with E-state index in [2.05, 4.69) is 15.6 Å². The lowest BCUT2D eigenvalue weighted by Crippen LogP contribution is -2.50. The Balaban J connectivity index is 2.08. The molecule has 102 valence electrons. The van der Waals surface area contributed by atoms with Crippen LogP contribution in [0.1, 0.15) is 19.4 Å². The summed E-state index contributed by atoms with van der Waals surface area (Å²) in [6.45, 7) is 4.21. The summed E-state index contributed by atoms with van der Waals surface area (Å²) in [5, 5.41) is 5.91. The Labute approximate surface area is 113 Å². The van der Waals surface area contributed by atoms with E-state index in [9.17, 15) is 4.79 Å². The van der Waals surface area contributed by atoms with Gasteiger partial charge in [-0.25, -0.2) is 4.98 Å². The zero-order valence-corrected chi connectivity index (χ0v) is 11.8. The number of aromatic nitrogens is 2. The van der Waals surface area contributed by atoms with Crippen LogP contribution in [0.4, 0.5) is 0 Å². The van der Waals surface area contributed by atoms with Crippen molar-refractivity contribution < 1.29 is 4.79 Å². The van der Waals surface area contributed by atoms with Gasteiger partial charge in [0, 0.05) is 13.6 Å². The smallest absolute Gasteiger partial charge is 0.239 e. The van der Waals surface area contributed by atoms with E-state index in [1.165, 1.54) is 0 Å². The predicted octanol–water partition coefficient (Wildman–Crippen LogP) is 1.19. The maximum atomic E-state index is 11.9. The standard InChI is InChI=1S/C14H20N4O/c1-14(2,15-3)13(19)16-8-10-5-6-12-11(7-10)17-9-18(12)4/h5-7,9,15H,8H2,1-4H3,(H,16,19). The largest absolute Gasteiger partial charge is 0.350 e. The minimum atomic E-state index is -0.560. The Morgan fingerprint density at radius 1 is 1.42 bits per heavy atom. The van der Waals surface area contributed by atoms with Crippen molar-refractivity contribution >= 4 is 16.9 Å². The van der Waals surface area contributed by atoms with Gasteiger partial charge >= 0.3 is 0 Å². The molecule has 2 N–H and O–H groups in total. The molecule has 5 nitrogen and oxygen atoms in total. The molecule has 1 aromatic heterocycles.